The van der Waals surface area contributed by atoms with Crippen LogP contribution in [0, 0.1) is 24.4 Å². The van der Waals surface area contributed by atoms with E-state index in [4.69, 9.17) is 5.73 Å². The molecule has 20 heavy (non-hydrogen) atoms. The number of halogens is 4. The van der Waals surface area contributed by atoms with Crippen molar-refractivity contribution in [1.29, 1.82) is 0 Å². The Balaban J connectivity index is 2.60. The molecule has 0 unspecified atom stereocenters. The number of carbonyl (C=O) groups is 1. The summed E-state index contributed by atoms with van der Waals surface area (Å²) in [5.41, 5.74) is 4.94. The van der Waals surface area contributed by atoms with Crippen LogP contribution < -0.4 is 5.73 Å². The average molecular weight is 344 g/mol. The van der Waals surface area contributed by atoms with Gasteiger partial charge in [0.1, 0.15) is 17.5 Å². The Morgan fingerprint density at radius 2 is 1.70 bits per heavy atom. The molecule has 2 N–H and O–H groups in total. The summed E-state index contributed by atoms with van der Waals surface area (Å²) < 4.78 is 41.0. The Bertz CT molecular complexity index is 716. The van der Waals surface area contributed by atoms with Crippen LogP contribution in [-0.2, 0) is 0 Å². The van der Waals surface area contributed by atoms with E-state index in [0.29, 0.717) is 0 Å². The fourth-order valence-corrected chi connectivity index (χ4v) is 2.12. The van der Waals surface area contributed by atoms with Crippen molar-refractivity contribution in [2.24, 2.45) is 0 Å². The van der Waals surface area contributed by atoms with Gasteiger partial charge in [0.15, 0.2) is 5.78 Å². The summed E-state index contributed by atoms with van der Waals surface area (Å²) in [7, 11) is 0. The topological polar surface area (TPSA) is 43.1 Å². The first kappa shape index (κ1) is 14.6. The summed E-state index contributed by atoms with van der Waals surface area (Å²) >= 11 is 2.80. The van der Waals surface area contributed by atoms with E-state index in [1.165, 1.54) is 13.0 Å². The molecule has 2 aromatic rings. The van der Waals surface area contributed by atoms with Crippen LogP contribution in [0.3, 0.4) is 0 Å². The third-order valence-electron chi connectivity index (χ3n) is 2.78. The van der Waals surface area contributed by atoms with Crippen molar-refractivity contribution in [2.75, 3.05) is 5.73 Å². The smallest absolute Gasteiger partial charge is 0.199 e. The quantitative estimate of drug-likeness (QED) is 0.509. The Morgan fingerprint density at radius 1 is 1.05 bits per heavy atom. The lowest BCUT2D eigenvalue weighted by molar-refractivity contribution is 0.103. The molecule has 0 bridgehead atoms. The van der Waals surface area contributed by atoms with Gasteiger partial charge in [-0.25, -0.2) is 13.2 Å². The van der Waals surface area contributed by atoms with Gasteiger partial charge < -0.3 is 5.73 Å². The van der Waals surface area contributed by atoms with Gasteiger partial charge in [-0.3, -0.25) is 4.79 Å². The highest BCUT2D eigenvalue weighted by molar-refractivity contribution is 9.10. The van der Waals surface area contributed by atoms with E-state index >= 15 is 0 Å². The summed E-state index contributed by atoms with van der Waals surface area (Å²) in [5, 5.41) is 0. The number of anilines is 1. The third-order valence-corrected chi connectivity index (χ3v) is 3.38. The lowest BCUT2D eigenvalue weighted by Gasteiger charge is -2.08. The second-order valence-corrected chi connectivity index (χ2v) is 5.13. The monoisotopic (exact) mass is 343 g/mol. The molecule has 0 spiro atoms. The summed E-state index contributed by atoms with van der Waals surface area (Å²) in [5.74, 6) is -3.51. The maximum absolute atomic E-state index is 13.9. The van der Waals surface area contributed by atoms with E-state index in [1.807, 2.05) is 0 Å². The highest BCUT2D eigenvalue weighted by atomic mass is 79.9. The van der Waals surface area contributed by atoms with Gasteiger partial charge in [0.2, 0.25) is 0 Å². The maximum atomic E-state index is 13.9. The molecule has 0 aromatic heterocycles. The van der Waals surface area contributed by atoms with Crippen molar-refractivity contribution in [2.45, 2.75) is 6.92 Å². The highest BCUT2D eigenvalue weighted by Gasteiger charge is 2.21. The van der Waals surface area contributed by atoms with E-state index < -0.39 is 28.8 Å². The van der Waals surface area contributed by atoms with Gasteiger partial charge in [-0.1, -0.05) is 0 Å². The second kappa shape index (κ2) is 5.28. The number of nitrogen functional groups attached to an aromatic ring is 1. The van der Waals surface area contributed by atoms with Crippen molar-refractivity contribution in [3.05, 3.63) is 62.9 Å². The van der Waals surface area contributed by atoms with Crippen LogP contribution in [0.5, 0.6) is 0 Å². The standard InChI is InChI=1S/C14H9BrF3NO/c1-6-2-7(19)3-9(13(6)18)14(20)8-4-12(17)10(15)5-11(8)16/h2-5H,19H2,1H3. The first-order chi connectivity index (χ1) is 9.31. The minimum atomic E-state index is -0.957. The minimum absolute atomic E-state index is 0.115. The molecule has 6 heteroatoms. The normalized spacial score (nSPS) is 10.7. The largest absolute Gasteiger partial charge is 0.399 e. The van der Waals surface area contributed by atoms with Gasteiger partial charge in [-0.15, -0.1) is 0 Å². The SMILES string of the molecule is Cc1cc(N)cc(C(=O)c2cc(F)c(Br)cc2F)c1F. The number of aryl methyl sites for hydroxylation is 1. The van der Waals surface area contributed by atoms with Crippen LogP contribution in [-0.4, -0.2) is 5.78 Å². The number of hydrogen-bond donors (Lipinski definition) is 1. The zero-order chi connectivity index (χ0) is 15.0. The molecule has 0 amide bonds. The summed E-state index contributed by atoms with van der Waals surface area (Å²) in [6.07, 6.45) is 0. The van der Waals surface area contributed by atoms with Gasteiger partial charge in [0.05, 0.1) is 15.6 Å². The lowest BCUT2D eigenvalue weighted by atomic mass is 9.99. The van der Waals surface area contributed by atoms with Gasteiger partial charge in [-0.2, -0.15) is 0 Å². The van der Waals surface area contributed by atoms with E-state index in [0.717, 1.165) is 18.2 Å². The Kier molecular flexibility index (Phi) is 3.85. The lowest BCUT2D eigenvalue weighted by Crippen LogP contribution is -2.09. The third kappa shape index (κ3) is 2.56. The number of carbonyl (C=O) groups excluding carboxylic acids is 1. The second-order valence-electron chi connectivity index (χ2n) is 4.27. The van der Waals surface area contributed by atoms with Crippen LogP contribution in [0.25, 0.3) is 0 Å². The molecule has 0 radical (unpaired) electrons. The maximum Gasteiger partial charge on any atom is 0.199 e. The van der Waals surface area contributed by atoms with Gasteiger partial charge in [0, 0.05) is 5.69 Å². The molecule has 2 nitrogen and oxygen atoms in total. The van der Waals surface area contributed by atoms with E-state index in [9.17, 15) is 18.0 Å². The number of benzene rings is 2. The summed E-state index contributed by atoms with van der Waals surface area (Å²) in [6.45, 7) is 1.43. The molecular formula is C14H9BrF3NO. The molecule has 0 fully saturated rings. The molecule has 0 heterocycles. The Morgan fingerprint density at radius 3 is 2.35 bits per heavy atom. The first-order valence-electron chi connectivity index (χ1n) is 5.56. The fourth-order valence-electron chi connectivity index (χ4n) is 1.80. The predicted octanol–water partition coefficient (Wildman–Crippen LogP) is 3.99. The number of nitrogens with two attached hydrogens (primary N) is 1. The number of hydrogen-bond acceptors (Lipinski definition) is 2. The number of rotatable bonds is 2. The van der Waals surface area contributed by atoms with Crippen LogP contribution >= 0.6 is 15.9 Å². The summed E-state index contributed by atoms with van der Waals surface area (Å²) in [6, 6.07) is 3.99. The van der Waals surface area contributed by atoms with Crippen molar-refractivity contribution >= 4 is 27.4 Å². The van der Waals surface area contributed by atoms with Gasteiger partial charge in [-0.05, 0) is 52.7 Å². The van der Waals surface area contributed by atoms with Crippen LogP contribution in [0.2, 0.25) is 0 Å². The van der Waals surface area contributed by atoms with E-state index in [1.54, 1.807) is 0 Å². The molecule has 0 saturated heterocycles. The van der Waals surface area contributed by atoms with Crippen LogP contribution in [0.15, 0.2) is 28.7 Å². The molecule has 2 aromatic carbocycles. The molecule has 0 aliphatic rings. The number of ketones is 1. The zero-order valence-corrected chi connectivity index (χ0v) is 11.9. The average Bonchev–Trinajstić information content (AvgIpc) is 2.37. The zero-order valence-electron chi connectivity index (χ0n) is 10.3. The molecule has 0 aliphatic heterocycles. The molecule has 0 atom stereocenters. The molecular weight excluding hydrogens is 335 g/mol. The van der Waals surface area contributed by atoms with Crippen molar-refractivity contribution in [1.82, 2.24) is 0 Å². The first-order valence-corrected chi connectivity index (χ1v) is 6.35. The van der Waals surface area contributed by atoms with Gasteiger partial charge in [0.25, 0.3) is 0 Å². The molecule has 2 rings (SSSR count). The molecule has 0 aliphatic carbocycles. The fraction of sp³-hybridized carbons (Fsp3) is 0.0714. The van der Waals surface area contributed by atoms with Crippen LogP contribution in [0.4, 0.5) is 18.9 Å². The Labute approximate surface area is 121 Å². The molecule has 0 saturated carbocycles. The predicted molar refractivity (Wildman–Crippen MR) is 73.0 cm³/mol. The van der Waals surface area contributed by atoms with E-state index in [-0.39, 0.29) is 21.3 Å². The Hall–Kier alpha value is -1.82. The summed E-state index contributed by atoms with van der Waals surface area (Å²) in [4.78, 5) is 12.1. The minimum Gasteiger partial charge on any atom is -0.399 e. The highest BCUT2D eigenvalue weighted by Crippen LogP contribution is 2.25. The molecule has 104 valence electrons. The van der Waals surface area contributed by atoms with Crippen molar-refractivity contribution < 1.29 is 18.0 Å². The van der Waals surface area contributed by atoms with Crippen LogP contribution in [0.1, 0.15) is 21.5 Å². The van der Waals surface area contributed by atoms with Gasteiger partial charge >= 0.3 is 0 Å². The van der Waals surface area contributed by atoms with Crippen molar-refractivity contribution in [3.63, 3.8) is 0 Å². The van der Waals surface area contributed by atoms with Crippen molar-refractivity contribution in [3.8, 4) is 0 Å². The van der Waals surface area contributed by atoms with E-state index in [2.05, 4.69) is 15.9 Å².